The molecule has 2 heterocycles. The zero-order valence-corrected chi connectivity index (χ0v) is 20.9. The number of nitrogens with zero attached hydrogens (tertiary/aromatic N) is 2. The Morgan fingerprint density at radius 2 is 1.95 bits per heavy atom. The molecule has 1 atom stereocenters. The van der Waals surface area contributed by atoms with Crippen molar-refractivity contribution in [1.29, 1.82) is 0 Å². The van der Waals surface area contributed by atoms with Crippen molar-refractivity contribution in [2.24, 2.45) is 0 Å². The summed E-state index contributed by atoms with van der Waals surface area (Å²) in [7, 11) is -3.62. The topological polar surface area (TPSA) is 119 Å². The van der Waals surface area contributed by atoms with Crippen molar-refractivity contribution in [3.8, 4) is 17.0 Å². The van der Waals surface area contributed by atoms with Crippen LogP contribution in [0.2, 0.25) is 0 Å². The lowest BCUT2D eigenvalue weighted by molar-refractivity contribution is -0.153. The first kappa shape index (κ1) is 25.8. The third-order valence-corrected chi connectivity index (χ3v) is 7.25. The molecular weight excluding hydrogens is 525 g/mol. The summed E-state index contributed by atoms with van der Waals surface area (Å²) in [5.74, 6) is -2.00. The highest BCUT2D eigenvalue weighted by Gasteiger charge is 2.46. The lowest BCUT2D eigenvalue weighted by atomic mass is 9.89. The van der Waals surface area contributed by atoms with Crippen molar-refractivity contribution in [2.75, 3.05) is 23.9 Å². The molecule has 2 amide bonds. The summed E-state index contributed by atoms with van der Waals surface area (Å²) in [4.78, 5) is 26.0. The van der Waals surface area contributed by atoms with Gasteiger partial charge in [0, 0.05) is 11.8 Å². The second-order valence-electron chi connectivity index (χ2n) is 9.47. The van der Waals surface area contributed by atoms with Crippen LogP contribution in [-0.2, 0) is 33.1 Å². The minimum absolute atomic E-state index is 0.0786. The fourth-order valence-corrected chi connectivity index (χ4v) is 5.53. The van der Waals surface area contributed by atoms with Gasteiger partial charge in [-0.2, -0.15) is 18.3 Å². The number of hydrogen-bond acceptors (Lipinski definition) is 6. The summed E-state index contributed by atoms with van der Waals surface area (Å²) >= 11 is 0. The number of nitrogens with one attached hydrogen (secondary N) is 2. The van der Waals surface area contributed by atoms with E-state index >= 15 is 0 Å². The zero-order valence-electron chi connectivity index (χ0n) is 20.1. The Morgan fingerprint density at radius 1 is 1.21 bits per heavy atom. The number of alkyl halides is 3. The average molecular weight is 549 g/mol. The van der Waals surface area contributed by atoms with E-state index in [0.29, 0.717) is 24.1 Å². The van der Waals surface area contributed by atoms with Crippen LogP contribution in [0.3, 0.4) is 0 Å². The van der Waals surface area contributed by atoms with Crippen LogP contribution in [0.15, 0.2) is 48.5 Å². The van der Waals surface area contributed by atoms with Gasteiger partial charge in [0.25, 0.3) is 5.91 Å². The first-order valence-corrected chi connectivity index (χ1v) is 13.7. The number of fused-ring (bicyclic) bond motifs is 3. The predicted octanol–water partition coefficient (Wildman–Crippen LogP) is 3.06. The number of benzene rings is 2. The standard InChI is InChI=1S/C25H23F3N4O5S/c1-38(35,36)12-19(33)29-21-20(15-5-3-2-4-6-15)31-32-13-24(30-23(34)22(21)32)10-9-16-11-17(7-8-18(16)24)37-14-25(26,27)28/h2-8,11H,9-10,12-14H2,1H3,(H,29,33)(H,30,34)/t24-/m0/s1. The number of anilines is 1. The van der Waals surface area contributed by atoms with Gasteiger partial charge in [0.05, 0.1) is 12.1 Å². The molecule has 5 rings (SSSR count). The molecule has 0 fully saturated rings. The summed E-state index contributed by atoms with van der Waals surface area (Å²) in [5.41, 5.74) is 1.74. The maximum Gasteiger partial charge on any atom is 0.422 e. The van der Waals surface area contributed by atoms with Gasteiger partial charge in [-0.15, -0.1) is 0 Å². The third-order valence-electron chi connectivity index (χ3n) is 6.46. The van der Waals surface area contributed by atoms with Gasteiger partial charge in [0.15, 0.2) is 22.1 Å². The summed E-state index contributed by atoms with van der Waals surface area (Å²) < 4.78 is 67.4. The van der Waals surface area contributed by atoms with E-state index in [1.165, 1.54) is 10.7 Å². The van der Waals surface area contributed by atoms with Crippen molar-refractivity contribution in [3.05, 3.63) is 65.4 Å². The summed E-state index contributed by atoms with van der Waals surface area (Å²) in [6.45, 7) is -1.20. The van der Waals surface area contributed by atoms with Crippen molar-refractivity contribution >= 4 is 27.3 Å². The van der Waals surface area contributed by atoms with Crippen LogP contribution in [0.5, 0.6) is 5.75 Å². The molecule has 1 aromatic heterocycles. The maximum absolute atomic E-state index is 13.5. The van der Waals surface area contributed by atoms with E-state index in [4.69, 9.17) is 4.74 Å². The molecule has 13 heteroatoms. The molecule has 0 radical (unpaired) electrons. The molecule has 2 N–H and O–H groups in total. The normalized spacial score (nSPS) is 18.6. The Morgan fingerprint density at radius 3 is 2.63 bits per heavy atom. The summed E-state index contributed by atoms with van der Waals surface area (Å²) in [5, 5.41) is 10.2. The van der Waals surface area contributed by atoms with Crippen LogP contribution in [0.25, 0.3) is 11.3 Å². The molecule has 9 nitrogen and oxygen atoms in total. The van der Waals surface area contributed by atoms with Crippen molar-refractivity contribution in [2.45, 2.75) is 31.1 Å². The smallest absolute Gasteiger partial charge is 0.422 e. The van der Waals surface area contributed by atoms with Crippen molar-refractivity contribution in [1.82, 2.24) is 15.1 Å². The molecule has 0 saturated carbocycles. The molecule has 38 heavy (non-hydrogen) atoms. The quantitative estimate of drug-likeness (QED) is 0.489. The van der Waals surface area contributed by atoms with Crippen LogP contribution in [0, 0.1) is 0 Å². The SMILES string of the molecule is CS(=O)(=O)CC(=O)Nc1c(-c2ccccc2)nn2c1C(=O)N[C@@]1(CCc3cc(OCC(F)(F)F)ccc31)C2. The number of aromatic nitrogens is 2. The first-order chi connectivity index (χ1) is 17.8. The molecule has 0 unspecified atom stereocenters. The van der Waals surface area contributed by atoms with E-state index in [1.807, 2.05) is 0 Å². The molecule has 1 aliphatic heterocycles. The Balaban J connectivity index is 1.51. The number of rotatable bonds is 6. The van der Waals surface area contributed by atoms with E-state index in [9.17, 15) is 31.2 Å². The van der Waals surface area contributed by atoms with Gasteiger partial charge < -0.3 is 15.4 Å². The number of carbonyl (C=O) groups excluding carboxylic acids is 2. The molecule has 1 aliphatic carbocycles. The van der Waals surface area contributed by atoms with Gasteiger partial charge in [0.1, 0.15) is 22.9 Å². The van der Waals surface area contributed by atoms with Crippen LogP contribution in [0.1, 0.15) is 28.0 Å². The predicted molar refractivity (Wildman–Crippen MR) is 131 cm³/mol. The van der Waals surface area contributed by atoms with Crippen molar-refractivity contribution < 1.29 is 35.9 Å². The highest BCUT2D eigenvalue weighted by Crippen LogP contribution is 2.44. The number of carbonyl (C=O) groups is 2. The second kappa shape index (κ2) is 9.15. The van der Waals surface area contributed by atoms with Crippen molar-refractivity contribution in [3.63, 3.8) is 0 Å². The van der Waals surface area contributed by atoms with E-state index in [1.54, 1.807) is 42.5 Å². The number of halogens is 3. The molecule has 1 spiro atoms. The Bertz CT molecular complexity index is 1540. The Labute approximate surface area is 215 Å². The van der Waals surface area contributed by atoms with Crippen LogP contribution in [0.4, 0.5) is 18.9 Å². The third kappa shape index (κ3) is 5.10. The monoisotopic (exact) mass is 548 g/mol. The average Bonchev–Trinajstić information content (AvgIpc) is 3.35. The lowest BCUT2D eigenvalue weighted by Gasteiger charge is -2.36. The Hall–Kier alpha value is -3.87. The zero-order chi connectivity index (χ0) is 27.3. The van der Waals surface area contributed by atoms with E-state index in [0.717, 1.165) is 17.4 Å². The van der Waals surface area contributed by atoms with Gasteiger partial charge in [0.2, 0.25) is 5.91 Å². The summed E-state index contributed by atoms with van der Waals surface area (Å²) in [6.07, 6.45) is -2.55. The number of sulfone groups is 1. The van der Waals surface area contributed by atoms with Crippen LogP contribution < -0.4 is 15.4 Å². The highest BCUT2D eigenvalue weighted by atomic mass is 32.2. The van der Waals surface area contributed by atoms with E-state index in [-0.39, 0.29) is 23.7 Å². The van der Waals surface area contributed by atoms with E-state index in [2.05, 4.69) is 15.7 Å². The van der Waals surface area contributed by atoms with Crippen LogP contribution in [-0.4, -0.2) is 54.8 Å². The molecule has 200 valence electrons. The number of ether oxygens (including phenoxy) is 1. The van der Waals surface area contributed by atoms with Gasteiger partial charge >= 0.3 is 6.18 Å². The highest BCUT2D eigenvalue weighted by molar-refractivity contribution is 7.91. The fourth-order valence-electron chi connectivity index (χ4n) is 4.98. The second-order valence-corrected chi connectivity index (χ2v) is 11.6. The first-order valence-electron chi connectivity index (χ1n) is 11.6. The molecular formula is C25H23F3N4O5S. The van der Waals surface area contributed by atoms with Gasteiger partial charge in [-0.25, -0.2) is 8.42 Å². The Kier molecular flexibility index (Phi) is 6.21. The molecule has 0 saturated heterocycles. The molecule has 0 bridgehead atoms. The minimum Gasteiger partial charge on any atom is -0.484 e. The number of amides is 2. The number of hydrogen-bond donors (Lipinski definition) is 2. The molecule has 2 aliphatic rings. The molecule has 3 aromatic rings. The number of aryl methyl sites for hydroxylation is 1. The minimum atomic E-state index is -4.46. The van der Waals surface area contributed by atoms with Gasteiger partial charge in [-0.1, -0.05) is 36.4 Å². The maximum atomic E-state index is 13.5. The lowest BCUT2D eigenvalue weighted by Crippen LogP contribution is -2.52. The van der Waals surface area contributed by atoms with Crippen LogP contribution >= 0.6 is 0 Å². The van der Waals surface area contributed by atoms with E-state index < -0.39 is 45.7 Å². The largest absolute Gasteiger partial charge is 0.484 e. The summed E-state index contributed by atoms with van der Waals surface area (Å²) in [6, 6.07) is 13.5. The fraction of sp³-hybridized carbons (Fsp3) is 0.320. The van der Waals surface area contributed by atoms with Gasteiger partial charge in [-0.3, -0.25) is 14.3 Å². The van der Waals surface area contributed by atoms with Gasteiger partial charge in [-0.05, 0) is 36.1 Å². The molecule has 2 aromatic carbocycles.